The van der Waals surface area contributed by atoms with Gasteiger partial charge < -0.3 is 9.47 Å². The van der Waals surface area contributed by atoms with Crippen molar-refractivity contribution in [1.29, 1.82) is 0 Å². The van der Waals surface area contributed by atoms with Crippen molar-refractivity contribution in [3.8, 4) is 5.69 Å². The Hall–Kier alpha value is -2.73. The van der Waals surface area contributed by atoms with E-state index >= 15 is 0 Å². The number of pyridine rings is 1. The van der Waals surface area contributed by atoms with Gasteiger partial charge in [-0.3, -0.25) is 4.90 Å². The zero-order chi connectivity index (χ0) is 17.9. The van der Waals surface area contributed by atoms with Crippen LogP contribution in [0.15, 0.2) is 61.3 Å². The van der Waals surface area contributed by atoms with E-state index < -0.39 is 0 Å². The Morgan fingerprint density at radius 1 is 1.12 bits per heavy atom. The second-order valence-corrected chi connectivity index (χ2v) is 6.75. The lowest BCUT2D eigenvalue weighted by molar-refractivity contribution is 0.220. The van der Waals surface area contributed by atoms with Gasteiger partial charge in [0.2, 0.25) is 0 Å². The van der Waals surface area contributed by atoms with Gasteiger partial charge in [-0.25, -0.2) is 14.4 Å². The van der Waals surface area contributed by atoms with Gasteiger partial charge in [-0.2, -0.15) is 0 Å². The monoisotopic (exact) mass is 351 g/mol. The SMILES string of the molecule is CC1CN(Cc2ccc(-n3ccnc3)cc2)CCN1c1ccc(F)cn1. The van der Waals surface area contributed by atoms with Crippen LogP contribution in [0.3, 0.4) is 0 Å². The fourth-order valence-corrected chi connectivity index (χ4v) is 3.50. The topological polar surface area (TPSA) is 37.2 Å². The number of halogens is 1. The summed E-state index contributed by atoms with van der Waals surface area (Å²) in [6.45, 7) is 5.94. The molecule has 6 heteroatoms. The fourth-order valence-electron chi connectivity index (χ4n) is 3.50. The summed E-state index contributed by atoms with van der Waals surface area (Å²) in [5.74, 6) is 0.558. The van der Waals surface area contributed by atoms with Crippen molar-refractivity contribution in [2.24, 2.45) is 0 Å². The minimum Gasteiger partial charge on any atom is -0.351 e. The van der Waals surface area contributed by atoms with E-state index in [1.165, 1.54) is 17.8 Å². The first-order chi connectivity index (χ1) is 12.7. The number of anilines is 1. The van der Waals surface area contributed by atoms with Crippen LogP contribution in [0.4, 0.5) is 10.2 Å². The number of hydrogen-bond donors (Lipinski definition) is 0. The summed E-state index contributed by atoms with van der Waals surface area (Å²) >= 11 is 0. The number of nitrogens with zero attached hydrogens (tertiary/aromatic N) is 5. The van der Waals surface area contributed by atoms with Crippen LogP contribution in [-0.2, 0) is 6.54 Å². The van der Waals surface area contributed by atoms with E-state index in [2.05, 4.69) is 51.0 Å². The van der Waals surface area contributed by atoms with E-state index in [0.29, 0.717) is 6.04 Å². The number of imidazole rings is 1. The molecule has 26 heavy (non-hydrogen) atoms. The molecule has 1 aliphatic rings. The fraction of sp³-hybridized carbons (Fsp3) is 0.300. The third-order valence-corrected chi connectivity index (χ3v) is 4.86. The van der Waals surface area contributed by atoms with E-state index in [-0.39, 0.29) is 5.82 Å². The number of aromatic nitrogens is 3. The summed E-state index contributed by atoms with van der Waals surface area (Å²) in [5.41, 5.74) is 2.42. The van der Waals surface area contributed by atoms with Crippen LogP contribution in [0.5, 0.6) is 0 Å². The third-order valence-electron chi connectivity index (χ3n) is 4.86. The molecule has 1 saturated heterocycles. The first-order valence-corrected chi connectivity index (χ1v) is 8.87. The summed E-state index contributed by atoms with van der Waals surface area (Å²) < 4.78 is 15.1. The van der Waals surface area contributed by atoms with E-state index in [1.807, 2.05) is 10.8 Å². The molecule has 0 spiro atoms. The Morgan fingerprint density at radius 2 is 1.96 bits per heavy atom. The maximum atomic E-state index is 13.1. The summed E-state index contributed by atoms with van der Waals surface area (Å²) in [7, 11) is 0. The molecule has 4 rings (SSSR count). The molecule has 3 aromatic rings. The van der Waals surface area contributed by atoms with Crippen molar-refractivity contribution in [3.05, 3.63) is 72.7 Å². The predicted molar refractivity (Wildman–Crippen MR) is 99.8 cm³/mol. The Balaban J connectivity index is 1.37. The van der Waals surface area contributed by atoms with E-state index in [4.69, 9.17) is 0 Å². The van der Waals surface area contributed by atoms with Crippen molar-refractivity contribution in [1.82, 2.24) is 19.4 Å². The molecule has 5 nitrogen and oxygen atoms in total. The molecule has 1 fully saturated rings. The van der Waals surface area contributed by atoms with Gasteiger partial charge in [-0.15, -0.1) is 0 Å². The number of rotatable bonds is 4. The smallest absolute Gasteiger partial charge is 0.141 e. The van der Waals surface area contributed by atoms with Crippen molar-refractivity contribution >= 4 is 5.82 Å². The third kappa shape index (κ3) is 3.60. The van der Waals surface area contributed by atoms with Gasteiger partial charge in [0.15, 0.2) is 0 Å². The Bertz CT molecular complexity index is 830. The van der Waals surface area contributed by atoms with Gasteiger partial charge in [0.25, 0.3) is 0 Å². The minimum atomic E-state index is -0.292. The van der Waals surface area contributed by atoms with Crippen LogP contribution in [0, 0.1) is 5.82 Å². The molecule has 1 aliphatic heterocycles. The quantitative estimate of drug-likeness (QED) is 0.724. The van der Waals surface area contributed by atoms with Crippen LogP contribution < -0.4 is 4.90 Å². The molecule has 1 atom stereocenters. The molecule has 0 aliphatic carbocycles. The maximum Gasteiger partial charge on any atom is 0.141 e. The summed E-state index contributed by atoms with van der Waals surface area (Å²) in [4.78, 5) is 13.0. The Kier molecular flexibility index (Phi) is 4.67. The van der Waals surface area contributed by atoms with E-state index in [1.54, 1.807) is 18.6 Å². The highest BCUT2D eigenvalue weighted by Gasteiger charge is 2.24. The van der Waals surface area contributed by atoms with Crippen LogP contribution in [0.1, 0.15) is 12.5 Å². The molecule has 0 bridgehead atoms. The second-order valence-electron chi connectivity index (χ2n) is 6.75. The first-order valence-electron chi connectivity index (χ1n) is 8.87. The largest absolute Gasteiger partial charge is 0.351 e. The highest BCUT2D eigenvalue weighted by Crippen LogP contribution is 2.20. The van der Waals surface area contributed by atoms with Crippen LogP contribution in [0.25, 0.3) is 5.69 Å². The summed E-state index contributed by atoms with van der Waals surface area (Å²) in [6.07, 6.45) is 6.82. The molecule has 0 N–H and O–H groups in total. The highest BCUT2D eigenvalue weighted by atomic mass is 19.1. The Labute approximate surface area is 152 Å². The van der Waals surface area contributed by atoms with E-state index in [0.717, 1.165) is 37.7 Å². The summed E-state index contributed by atoms with van der Waals surface area (Å²) in [6, 6.07) is 12.2. The maximum absolute atomic E-state index is 13.1. The standard InChI is InChI=1S/C20H22FN5/c1-16-13-24(10-11-26(16)20-7-4-18(21)12-23-20)14-17-2-5-19(6-3-17)25-9-8-22-15-25/h2-9,12,15-16H,10-11,13-14H2,1H3. The average Bonchev–Trinajstić information content (AvgIpc) is 3.18. The van der Waals surface area contributed by atoms with Crippen LogP contribution in [-0.4, -0.2) is 45.1 Å². The van der Waals surface area contributed by atoms with Crippen molar-refractivity contribution in [3.63, 3.8) is 0 Å². The zero-order valence-corrected chi connectivity index (χ0v) is 14.8. The van der Waals surface area contributed by atoms with Gasteiger partial charge in [0.1, 0.15) is 11.6 Å². The molecule has 134 valence electrons. The predicted octanol–water partition coefficient (Wildman–Crippen LogP) is 3.12. The lowest BCUT2D eigenvalue weighted by Crippen LogP contribution is -2.51. The molecular weight excluding hydrogens is 329 g/mol. The highest BCUT2D eigenvalue weighted by molar-refractivity contribution is 5.40. The van der Waals surface area contributed by atoms with Gasteiger partial charge in [-0.05, 0) is 36.8 Å². The second kappa shape index (κ2) is 7.25. The molecule has 0 saturated carbocycles. The van der Waals surface area contributed by atoms with E-state index in [9.17, 15) is 4.39 Å². The molecule has 3 heterocycles. The summed E-state index contributed by atoms with van der Waals surface area (Å²) in [5, 5.41) is 0. The van der Waals surface area contributed by atoms with Gasteiger partial charge >= 0.3 is 0 Å². The lowest BCUT2D eigenvalue weighted by Gasteiger charge is -2.40. The van der Waals surface area contributed by atoms with Crippen molar-refractivity contribution < 1.29 is 4.39 Å². The number of piperazine rings is 1. The molecule has 0 radical (unpaired) electrons. The molecule has 2 aromatic heterocycles. The van der Waals surface area contributed by atoms with Crippen LogP contribution >= 0.6 is 0 Å². The van der Waals surface area contributed by atoms with Gasteiger partial charge in [-0.1, -0.05) is 12.1 Å². The Morgan fingerprint density at radius 3 is 2.62 bits per heavy atom. The first kappa shape index (κ1) is 16.7. The van der Waals surface area contributed by atoms with Crippen molar-refractivity contribution in [2.75, 3.05) is 24.5 Å². The molecular formula is C20H22FN5. The minimum absolute atomic E-state index is 0.292. The van der Waals surface area contributed by atoms with Gasteiger partial charge in [0, 0.05) is 50.3 Å². The average molecular weight is 351 g/mol. The number of hydrogen-bond acceptors (Lipinski definition) is 4. The molecule has 0 amide bonds. The zero-order valence-electron chi connectivity index (χ0n) is 14.8. The molecule has 1 unspecified atom stereocenters. The normalized spacial score (nSPS) is 18.2. The molecule has 1 aromatic carbocycles. The van der Waals surface area contributed by atoms with Crippen LogP contribution in [0.2, 0.25) is 0 Å². The van der Waals surface area contributed by atoms with Gasteiger partial charge in [0.05, 0.1) is 12.5 Å². The number of benzene rings is 1. The lowest BCUT2D eigenvalue weighted by atomic mass is 10.1. The van der Waals surface area contributed by atoms with Crippen molar-refractivity contribution in [2.45, 2.75) is 19.5 Å².